The summed E-state index contributed by atoms with van der Waals surface area (Å²) in [5, 5.41) is 10.1. The number of hydrogen-bond acceptors (Lipinski definition) is 3. The summed E-state index contributed by atoms with van der Waals surface area (Å²) >= 11 is 0. The lowest BCUT2D eigenvalue weighted by Crippen LogP contribution is -2.41. The summed E-state index contributed by atoms with van der Waals surface area (Å²) < 4.78 is 6.00. The van der Waals surface area contributed by atoms with Crippen LogP contribution in [0.15, 0.2) is 12.2 Å². The molecule has 0 aromatic carbocycles. The van der Waals surface area contributed by atoms with E-state index in [9.17, 15) is 9.90 Å². The molecule has 0 aromatic heterocycles. The molecule has 0 bridgehead atoms. The highest BCUT2D eigenvalue weighted by Crippen LogP contribution is 2.36. The van der Waals surface area contributed by atoms with Crippen LogP contribution >= 0.6 is 0 Å². The number of allylic oxidation sites excluding steroid dienone is 1. The molecule has 0 aromatic rings. The molecule has 2 atom stereocenters. The van der Waals surface area contributed by atoms with Gasteiger partial charge in [0, 0.05) is 12.5 Å². The molecular weight excluding hydrogens is 244 g/mol. The van der Waals surface area contributed by atoms with Crippen molar-refractivity contribution in [3.8, 4) is 0 Å². The number of rotatable bonds is 7. The molecule has 0 saturated carbocycles. The van der Waals surface area contributed by atoms with E-state index in [1.165, 1.54) is 6.08 Å². The van der Waals surface area contributed by atoms with Gasteiger partial charge in [0.25, 0.3) is 0 Å². The van der Waals surface area contributed by atoms with Crippen LogP contribution in [0.25, 0.3) is 0 Å². The zero-order valence-electron chi connectivity index (χ0n) is 12.6. The fourth-order valence-corrected chi connectivity index (χ4v) is 2.32. The van der Waals surface area contributed by atoms with Gasteiger partial charge in [0.1, 0.15) is 6.29 Å². The average Bonchev–Trinajstić information content (AvgIpc) is 2.23. The Morgan fingerprint density at radius 1 is 1.33 bits per heavy atom. The Morgan fingerprint density at radius 2 is 1.89 bits per heavy atom. The molecule has 0 fully saturated rings. The van der Waals surface area contributed by atoms with Crippen LogP contribution in [0.2, 0.25) is 18.1 Å². The van der Waals surface area contributed by atoms with Crippen molar-refractivity contribution in [2.24, 2.45) is 5.92 Å². The minimum Gasteiger partial charge on any atom is -0.417 e. The Morgan fingerprint density at radius 3 is 2.33 bits per heavy atom. The van der Waals surface area contributed by atoms with Crippen LogP contribution < -0.4 is 0 Å². The molecule has 0 unspecified atom stereocenters. The molecule has 106 valence electrons. The number of aldehydes is 1. The molecule has 0 amide bonds. The van der Waals surface area contributed by atoms with Gasteiger partial charge in [0.15, 0.2) is 8.32 Å². The summed E-state index contributed by atoms with van der Waals surface area (Å²) in [6, 6.07) is 0. The summed E-state index contributed by atoms with van der Waals surface area (Å²) in [6.07, 6.45) is 4.05. The van der Waals surface area contributed by atoms with Crippen LogP contribution in [0.3, 0.4) is 0 Å². The quantitative estimate of drug-likeness (QED) is 0.440. The second-order valence-corrected chi connectivity index (χ2v) is 11.2. The van der Waals surface area contributed by atoms with Crippen LogP contribution in [-0.2, 0) is 9.22 Å². The number of carbonyl (C=O) groups is 1. The highest BCUT2D eigenvalue weighted by Gasteiger charge is 2.37. The molecular formula is C14H28O3Si. The molecule has 0 saturated heterocycles. The van der Waals surface area contributed by atoms with E-state index in [1.807, 2.05) is 6.92 Å². The van der Waals surface area contributed by atoms with Crippen LogP contribution in [0.4, 0.5) is 0 Å². The standard InChI is InChI=1S/C14H28O3Si/c1-12(8-7-10-15)13(16)9-11-17-18(5,6)14(2,3)4/h7-8,10,12-13,16H,9,11H2,1-6H3/b8-7+/t12-,13+/m1/s1. The highest BCUT2D eigenvalue weighted by molar-refractivity contribution is 6.74. The van der Waals surface area contributed by atoms with E-state index in [4.69, 9.17) is 4.43 Å². The van der Waals surface area contributed by atoms with Crippen LogP contribution in [0.5, 0.6) is 0 Å². The van der Waals surface area contributed by atoms with Crippen LogP contribution in [0.1, 0.15) is 34.1 Å². The molecule has 0 aliphatic heterocycles. The Hall–Kier alpha value is -0.453. The van der Waals surface area contributed by atoms with Crippen molar-refractivity contribution < 1.29 is 14.3 Å². The lowest BCUT2D eigenvalue weighted by molar-refractivity contribution is -0.104. The predicted molar refractivity (Wildman–Crippen MR) is 78.1 cm³/mol. The smallest absolute Gasteiger partial charge is 0.191 e. The molecule has 1 N–H and O–H groups in total. The summed E-state index contributed by atoms with van der Waals surface area (Å²) in [5.74, 6) is -0.0155. The topological polar surface area (TPSA) is 46.5 Å². The molecule has 3 nitrogen and oxygen atoms in total. The number of carbonyl (C=O) groups excluding carboxylic acids is 1. The SMILES string of the molecule is C[C@H](/C=C/C=O)[C@@H](O)CCO[Si](C)(C)C(C)(C)C. The van der Waals surface area contributed by atoms with Crippen molar-refractivity contribution in [2.75, 3.05) is 6.61 Å². The van der Waals surface area contributed by atoms with Gasteiger partial charge in [-0.25, -0.2) is 0 Å². The first kappa shape index (κ1) is 17.5. The molecule has 4 heteroatoms. The first-order valence-electron chi connectivity index (χ1n) is 6.56. The maximum Gasteiger partial charge on any atom is 0.191 e. The second-order valence-electron chi connectivity index (χ2n) is 6.34. The van der Waals surface area contributed by atoms with Gasteiger partial charge in [-0.3, -0.25) is 4.79 Å². The van der Waals surface area contributed by atoms with E-state index in [-0.39, 0.29) is 11.0 Å². The number of aliphatic hydroxyl groups excluding tert-OH is 1. The molecule has 18 heavy (non-hydrogen) atoms. The normalized spacial score (nSPS) is 16.8. The Bertz CT molecular complexity index is 279. The molecule has 0 rings (SSSR count). The second kappa shape index (κ2) is 7.21. The van der Waals surface area contributed by atoms with Crippen molar-refractivity contribution >= 4 is 14.6 Å². The van der Waals surface area contributed by atoms with Crippen LogP contribution in [-0.4, -0.2) is 32.4 Å². The van der Waals surface area contributed by atoms with Crippen molar-refractivity contribution in [1.29, 1.82) is 0 Å². The zero-order valence-corrected chi connectivity index (χ0v) is 13.6. The summed E-state index contributed by atoms with van der Waals surface area (Å²) in [5.41, 5.74) is 0. The van der Waals surface area contributed by atoms with Gasteiger partial charge < -0.3 is 9.53 Å². The fraction of sp³-hybridized carbons (Fsp3) is 0.786. The zero-order chi connectivity index (χ0) is 14.4. The molecule has 0 aliphatic carbocycles. The van der Waals surface area contributed by atoms with Gasteiger partial charge in [-0.15, -0.1) is 0 Å². The molecule has 0 aliphatic rings. The highest BCUT2D eigenvalue weighted by atomic mass is 28.4. The van der Waals surface area contributed by atoms with Crippen molar-refractivity contribution in [3.05, 3.63) is 12.2 Å². The monoisotopic (exact) mass is 272 g/mol. The van der Waals surface area contributed by atoms with Gasteiger partial charge in [0.05, 0.1) is 6.10 Å². The van der Waals surface area contributed by atoms with E-state index in [1.54, 1.807) is 6.08 Å². The minimum absolute atomic E-state index is 0.0155. The van der Waals surface area contributed by atoms with E-state index in [0.29, 0.717) is 13.0 Å². The molecule has 0 radical (unpaired) electrons. The third kappa shape index (κ3) is 5.93. The maximum absolute atomic E-state index is 10.2. The first-order chi connectivity index (χ1) is 8.12. The molecule has 0 spiro atoms. The lowest BCUT2D eigenvalue weighted by atomic mass is 10.0. The lowest BCUT2D eigenvalue weighted by Gasteiger charge is -2.36. The van der Waals surface area contributed by atoms with Gasteiger partial charge in [-0.2, -0.15) is 0 Å². The van der Waals surface area contributed by atoms with Gasteiger partial charge >= 0.3 is 0 Å². The maximum atomic E-state index is 10.2. The number of hydrogen-bond donors (Lipinski definition) is 1. The predicted octanol–water partition coefficient (Wildman–Crippen LogP) is 3.15. The third-order valence-electron chi connectivity index (χ3n) is 3.78. The van der Waals surface area contributed by atoms with Gasteiger partial charge in [0.2, 0.25) is 0 Å². The fourth-order valence-electron chi connectivity index (χ4n) is 1.26. The van der Waals surface area contributed by atoms with Gasteiger partial charge in [-0.1, -0.05) is 33.8 Å². The summed E-state index contributed by atoms with van der Waals surface area (Å²) in [4.78, 5) is 10.2. The van der Waals surface area contributed by atoms with Crippen molar-refractivity contribution in [1.82, 2.24) is 0 Å². The van der Waals surface area contributed by atoms with Crippen molar-refractivity contribution in [2.45, 2.75) is 58.4 Å². The first-order valence-corrected chi connectivity index (χ1v) is 9.46. The van der Waals surface area contributed by atoms with E-state index >= 15 is 0 Å². The largest absolute Gasteiger partial charge is 0.417 e. The summed E-state index contributed by atoms with van der Waals surface area (Å²) in [6.45, 7) is 13.5. The minimum atomic E-state index is -1.72. The van der Waals surface area contributed by atoms with E-state index in [0.717, 1.165) is 6.29 Å². The van der Waals surface area contributed by atoms with Crippen molar-refractivity contribution in [3.63, 3.8) is 0 Å². The Balaban J connectivity index is 4.12. The number of aliphatic hydroxyl groups is 1. The Kier molecular flexibility index (Phi) is 7.03. The average molecular weight is 272 g/mol. The van der Waals surface area contributed by atoms with E-state index < -0.39 is 14.4 Å². The van der Waals surface area contributed by atoms with Gasteiger partial charge in [-0.05, 0) is 30.6 Å². The van der Waals surface area contributed by atoms with E-state index in [2.05, 4.69) is 33.9 Å². The Labute approximate surface area is 112 Å². The molecule has 0 heterocycles. The van der Waals surface area contributed by atoms with Crippen LogP contribution in [0, 0.1) is 5.92 Å². The third-order valence-corrected chi connectivity index (χ3v) is 8.32. The summed E-state index contributed by atoms with van der Waals surface area (Å²) in [7, 11) is -1.72.